The lowest BCUT2D eigenvalue weighted by atomic mass is 10.2. The second-order valence-corrected chi connectivity index (χ2v) is 6.42. The first-order valence-electron chi connectivity index (χ1n) is 7.76. The third-order valence-corrected chi connectivity index (χ3v) is 4.53. The van der Waals surface area contributed by atoms with E-state index in [0.29, 0.717) is 17.2 Å². The normalized spacial score (nSPS) is 11.1. The van der Waals surface area contributed by atoms with Gasteiger partial charge in [-0.2, -0.15) is 4.98 Å². The highest BCUT2D eigenvalue weighted by molar-refractivity contribution is 9.10. The summed E-state index contributed by atoms with van der Waals surface area (Å²) in [5, 5.41) is 20.9. The van der Waals surface area contributed by atoms with E-state index in [2.05, 4.69) is 36.4 Å². The summed E-state index contributed by atoms with van der Waals surface area (Å²) in [6.07, 6.45) is -0.0135. The maximum Gasteiger partial charge on any atom is 0.305 e. The van der Waals surface area contributed by atoms with E-state index in [9.17, 15) is 4.79 Å². The molecule has 130 valence electrons. The molecule has 8 nitrogen and oxygen atoms in total. The summed E-state index contributed by atoms with van der Waals surface area (Å²) in [6, 6.07) is 13.0. The molecule has 0 aliphatic heterocycles. The van der Waals surface area contributed by atoms with Crippen LogP contribution in [-0.4, -0.2) is 36.2 Å². The molecule has 0 unspecified atom stereocenters. The Morgan fingerprint density at radius 2 is 2.08 bits per heavy atom. The molecule has 0 spiro atoms. The lowest BCUT2D eigenvalue weighted by Crippen LogP contribution is -2.05. The third-order valence-electron chi connectivity index (χ3n) is 3.84. The van der Waals surface area contributed by atoms with Crippen molar-refractivity contribution in [3.05, 3.63) is 46.9 Å². The molecule has 0 atom stereocenters. The Kier molecular flexibility index (Phi) is 4.21. The number of hydrogen-bond acceptors (Lipinski definition) is 6. The Bertz CT molecular complexity index is 1100. The molecule has 1 N–H and O–H groups in total. The zero-order chi connectivity index (χ0) is 18.1. The van der Waals surface area contributed by atoms with Gasteiger partial charge < -0.3 is 9.63 Å². The van der Waals surface area contributed by atoms with E-state index in [0.717, 1.165) is 21.1 Å². The van der Waals surface area contributed by atoms with E-state index in [4.69, 9.17) is 9.63 Å². The number of carbonyl (C=O) groups is 1. The second kappa shape index (κ2) is 6.68. The predicted molar refractivity (Wildman–Crippen MR) is 96.2 cm³/mol. The molecule has 0 amide bonds. The molecule has 0 bridgehead atoms. The number of aryl methyl sites for hydroxylation is 1. The Morgan fingerprint density at radius 3 is 2.88 bits per heavy atom. The number of aromatic nitrogens is 5. The Hall–Kier alpha value is -3.07. The monoisotopic (exact) mass is 413 g/mol. The molecule has 0 radical (unpaired) electrons. The third kappa shape index (κ3) is 3.08. The standard InChI is InChI=1S/C17H12BrN5O3/c18-12-4-2-1-3-11(12)17-19-16(21-26-17)10-5-6-14-13(9-10)20-22-23(14)8-7-15(24)25/h1-6,9H,7-8H2,(H,24,25). The second-order valence-electron chi connectivity index (χ2n) is 5.56. The van der Waals surface area contributed by atoms with E-state index >= 15 is 0 Å². The van der Waals surface area contributed by atoms with Crippen LogP contribution in [0.5, 0.6) is 0 Å². The van der Waals surface area contributed by atoms with Crippen molar-refractivity contribution >= 4 is 32.9 Å². The van der Waals surface area contributed by atoms with Crippen LogP contribution < -0.4 is 0 Å². The number of halogens is 1. The van der Waals surface area contributed by atoms with Crippen molar-refractivity contribution in [1.29, 1.82) is 0 Å². The number of aliphatic carboxylic acids is 1. The van der Waals surface area contributed by atoms with Gasteiger partial charge in [0.2, 0.25) is 5.82 Å². The lowest BCUT2D eigenvalue weighted by Gasteiger charge is -2.00. The van der Waals surface area contributed by atoms with Gasteiger partial charge in [0, 0.05) is 10.0 Å². The first-order chi connectivity index (χ1) is 12.6. The first-order valence-corrected chi connectivity index (χ1v) is 8.55. The molecule has 2 aromatic heterocycles. The number of hydrogen-bond donors (Lipinski definition) is 1. The molecule has 26 heavy (non-hydrogen) atoms. The fourth-order valence-electron chi connectivity index (χ4n) is 2.56. The summed E-state index contributed by atoms with van der Waals surface area (Å²) < 4.78 is 7.80. The largest absolute Gasteiger partial charge is 0.481 e. The summed E-state index contributed by atoms with van der Waals surface area (Å²) >= 11 is 3.47. The summed E-state index contributed by atoms with van der Waals surface area (Å²) in [4.78, 5) is 15.2. The van der Waals surface area contributed by atoms with Crippen LogP contribution in [0.25, 0.3) is 33.9 Å². The van der Waals surface area contributed by atoms with Gasteiger partial charge in [0.05, 0.1) is 24.0 Å². The topological polar surface area (TPSA) is 107 Å². The maximum atomic E-state index is 10.7. The van der Waals surface area contributed by atoms with Crippen molar-refractivity contribution < 1.29 is 14.4 Å². The number of benzene rings is 2. The summed E-state index contributed by atoms with van der Waals surface area (Å²) in [5.74, 6) is -0.0212. The fourth-order valence-corrected chi connectivity index (χ4v) is 3.02. The molecule has 2 heterocycles. The van der Waals surface area contributed by atoms with Gasteiger partial charge in [-0.3, -0.25) is 4.79 Å². The van der Waals surface area contributed by atoms with E-state index in [-0.39, 0.29) is 13.0 Å². The molecule has 0 aliphatic carbocycles. The summed E-state index contributed by atoms with van der Waals surface area (Å²) in [6.45, 7) is 0.263. The van der Waals surface area contributed by atoms with Gasteiger partial charge >= 0.3 is 5.97 Å². The van der Waals surface area contributed by atoms with E-state index < -0.39 is 5.97 Å². The zero-order valence-corrected chi connectivity index (χ0v) is 14.9. The summed E-state index contributed by atoms with van der Waals surface area (Å²) in [7, 11) is 0. The van der Waals surface area contributed by atoms with Gasteiger partial charge in [0.25, 0.3) is 5.89 Å². The van der Waals surface area contributed by atoms with Crippen molar-refractivity contribution in [3.8, 4) is 22.8 Å². The van der Waals surface area contributed by atoms with Crippen LogP contribution in [0.1, 0.15) is 6.42 Å². The van der Waals surface area contributed by atoms with E-state index in [1.807, 2.05) is 36.4 Å². The van der Waals surface area contributed by atoms with Crippen LogP contribution in [0.4, 0.5) is 0 Å². The quantitative estimate of drug-likeness (QED) is 0.534. The average molecular weight is 414 g/mol. The first kappa shape index (κ1) is 16.4. The highest BCUT2D eigenvalue weighted by atomic mass is 79.9. The van der Waals surface area contributed by atoms with Crippen LogP contribution in [0.15, 0.2) is 51.5 Å². The minimum atomic E-state index is -0.878. The van der Waals surface area contributed by atoms with Gasteiger partial charge in [-0.1, -0.05) is 22.5 Å². The van der Waals surface area contributed by atoms with Crippen molar-refractivity contribution in [2.45, 2.75) is 13.0 Å². The van der Waals surface area contributed by atoms with Crippen LogP contribution in [-0.2, 0) is 11.3 Å². The van der Waals surface area contributed by atoms with Crippen LogP contribution >= 0.6 is 15.9 Å². The predicted octanol–water partition coefficient (Wildman–Crippen LogP) is 3.39. The lowest BCUT2D eigenvalue weighted by molar-refractivity contribution is -0.137. The molecule has 0 saturated heterocycles. The Morgan fingerprint density at radius 1 is 1.23 bits per heavy atom. The van der Waals surface area contributed by atoms with Gasteiger partial charge in [-0.15, -0.1) is 5.10 Å². The molecule has 0 fully saturated rings. The molecule has 0 aliphatic rings. The van der Waals surface area contributed by atoms with E-state index in [1.54, 1.807) is 10.7 Å². The van der Waals surface area contributed by atoms with Crippen molar-refractivity contribution in [2.24, 2.45) is 0 Å². The van der Waals surface area contributed by atoms with Crippen molar-refractivity contribution in [2.75, 3.05) is 0 Å². The molecule has 4 aromatic rings. The number of fused-ring (bicyclic) bond motifs is 1. The van der Waals surface area contributed by atoms with Crippen LogP contribution in [0, 0.1) is 0 Å². The SMILES string of the molecule is O=C(O)CCn1nnc2cc(-c3noc(-c4ccccc4Br)n3)ccc21. The minimum Gasteiger partial charge on any atom is -0.481 e. The van der Waals surface area contributed by atoms with Gasteiger partial charge in [0.1, 0.15) is 5.52 Å². The van der Waals surface area contributed by atoms with Crippen molar-refractivity contribution in [1.82, 2.24) is 25.1 Å². The number of carboxylic acid groups (broad SMARTS) is 1. The van der Waals surface area contributed by atoms with Crippen LogP contribution in [0.2, 0.25) is 0 Å². The fraction of sp³-hybridized carbons (Fsp3) is 0.118. The Labute approximate surface area is 155 Å². The maximum absolute atomic E-state index is 10.7. The summed E-state index contributed by atoms with van der Waals surface area (Å²) in [5.41, 5.74) is 2.95. The van der Waals surface area contributed by atoms with Crippen molar-refractivity contribution in [3.63, 3.8) is 0 Å². The molecule has 2 aromatic carbocycles. The minimum absolute atomic E-state index is 0.0135. The zero-order valence-electron chi connectivity index (χ0n) is 13.3. The van der Waals surface area contributed by atoms with E-state index in [1.165, 1.54) is 0 Å². The molecule has 4 rings (SSSR count). The highest BCUT2D eigenvalue weighted by Gasteiger charge is 2.14. The average Bonchev–Trinajstić information content (AvgIpc) is 3.27. The number of nitrogens with zero attached hydrogens (tertiary/aromatic N) is 5. The van der Waals surface area contributed by atoms with Crippen LogP contribution in [0.3, 0.4) is 0 Å². The Balaban J connectivity index is 1.65. The number of rotatable bonds is 5. The van der Waals surface area contributed by atoms with Gasteiger partial charge in [-0.05, 0) is 46.3 Å². The number of carboxylic acids is 1. The molecular weight excluding hydrogens is 402 g/mol. The highest BCUT2D eigenvalue weighted by Crippen LogP contribution is 2.29. The molecule has 9 heteroatoms. The smallest absolute Gasteiger partial charge is 0.305 e. The molecule has 0 saturated carbocycles. The molecular formula is C17H12BrN5O3. The van der Waals surface area contributed by atoms with Gasteiger partial charge in [-0.25, -0.2) is 4.68 Å². The van der Waals surface area contributed by atoms with Gasteiger partial charge in [0.15, 0.2) is 0 Å².